The first-order chi connectivity index (χ1) is 17.8. The van der Waals surface area contributed by atoms with Crippen LogP contribution in [0.3, 0.4) is 0 Å². The lowest BCUT2D eigenvalue weighted by molar-refractivity contribution is 0.0940. The highest BCUT2D eigenvalue weighted by molar-refractivity contribution is 5.96. The number of hydrogen-bond acceptors (Lipinski definition) is 9. The fraction of sp³-hybridized carbons (Fsp3) is 0.385. The molecule has 1 saturated heterocycles. The smallest absolute Gasteiger partial charge is 0.252 e. The van der Waals surface area contributed by atoms with Crippen molar-refractivity contribution in [3.63, 3.8) is 0 Å². The molecular weight excluding hydrogens is 468 g/mol. The first-order valence-corrected chi connectivity index (χ1v) is 12.4. The summed E-state index contributed by atoms with van der Waals surface area (Å²) in [5, 5.41) is 14.8. The van der Waals surface area contributed by atoms with Crippen LogP contribution in [0.25, 0.3) is 11.0 Å². The van der Waals surface area contributed by atoms with Crippen LogP contribution < -0.4 is 16.0 Å². The van der Waals surface area contributed by atoms with Gasteiger partial charge in [0.15, 0.2) is 11.5 Å². The predicted molar refractivity (Wildman–Crippen MR) is 143 cm³/mol. The van der Waals surface area contributed by atoms with Crippen molar-refractivity contribution in [2.75, 3.05) is 30.3 Å². The SMILES string of the molecule is Cc1ncc(C(=O)NCCN2CCCC2(C)C)cc1Nc1nn(C)c2nc(Nc3cccnc3)ncc12. The van der Waals surface area contributed by atoms with Crippen molar-refractivity contribution < 1.29 is 4.79 Å². The van der Waals surface area contributed by atoms with Crippen molar-refractivity contribution in [2.24, 2.45) is 7.05 Å². The van der Waals surface area contributed by atoms with Crippen LogP contribution in [0.1, 0.15) is 42.7 Å². The Bertz CT molecular complexity index is 1420. The second kappa shape index (κ2) is 10.1. The molecule has 5 rings (SSSR count). The van der Waals surface area contributed by atoms with Gasteiger partial charge in [0.1, 0.15) is 0 Å². The quantitative estimate of drug-likeness (QED) is 0.333. The standard InChI is InChI=1S/C26H32N10O/c1-17-21(13-18(14-29-17)24(37)28-10-12-36-11-6-8-26(36,2)3)32-22-20-16-30-25(33-23(20)35(4)34-22)31-19-7-5-9-27-15-19/h5,7,9,13-16H,6,8,10-12H2,1-4H3,(H,28,37)(H,32,34)(H,30,31,33). The highest BCUT2D eigenvalue weighted by atomic mass is 16.1. The molecule has 0 aromatic carbocycles. The topological polar surface area (TPSA) is 126 Å². The van der Waals surface area contributed by atoms with Crippen LogP contribution >= 0.6 is 0 Å². The fourth-order valence-corrected chi connectivity index (χ4v) is 4.65. The van der Waals surface area contributed by atoms with Gasteiger partial charge in [-0.05, 0) is 58.4 Å². The summed E-state index contributed by atoms with van der Waals surface area (Å²) < 4.78 is 1.69. The predicted octanol–water partition coefficient (Wildman–Crippen LogP) is 3.55. The summed E-state index contributed by atoms with van der Waals surface area (Å²) in [6.07, 6.45) is 9.12. The maximum absolute atomic E-state index is 12.9. The molecule has 0 radical (unpaired) electrons. The summed E-state index contributed by atoms with van der Waals surface area (Å²) >= 11 is 0. The molecular formula is C26H32N10O. The number of fused-ring (bicyclic) bond motifs is 1. The highest BCUT2D eigenvalue weighted by Crippen LogP contribution is 2.28. The Balaban J connectivity index is 1.29. The van der Waals surface area contributed by atoms with Crippen LogP contribution in [0.4, 0.5) is 23.1 Å². The number of likely N-dealkylation sites (tertiary alicyclic amines) is 1. The highest BCUT2D eigenvalue weighted by Gasteiger charge is 2.31. The second-order valence-electron chi connectivity index (χ2n) is 9.91. The average molecular weight is 501 g/mol. The third-order valence-corrected chi connectivity index (χ3v) is 6.84. The fourth-order valence-electron chi connectivity index (χ4n) is 4.65. The number of nitrogens with one attached hydrogen (secondary N) is 3. The summed E-state index contributed by atoms with van der Waals surface area (Å²) in [7, 11) is 1.82. The van der Waals surface area contributed by atoms with Crippen molar-refractivity contribution in [2.45, 2.75) is 39.2 Å². The van der Waals surface area contributed by atoms with E-state index in [4.69, 9.17) is 0 Å². The molecule has 1 aliphatic heterocycles. The lowest BCUT2D eigenvalue weighted by Gasteiger charge is -2.31. The summed E-state index contributed by atoms with van der Waals surface area (Å²) in [6.45, 7) is 8.91. The number of anilines is 4. The lowest BCUT2D eigenvalue weighted by Crippen LogP contribution is -2.43. The van der Waals surface area contributed by atoms with E-state index in [0.717, 1.165) is 29.9 Å². The number of aryl methyl sites for hydroxylation is 2. The Kier molecular flexibility index (Phi) is 6.70. The molecule has 11 heteroatoms. The third kappa shape index (κ3) is 5.36. The van der Waals surface area contributed by atoms with Gasteiger partial charge in [-0.25, -0.2) is 9.67 Å². The zero-order chi connectivity index (χ0) is 26.0. The normalized spacial score (nSPS) is 15.1. The van der Waals surface area contributed by atoms with Gasteiger partial charge in [0.2, 0.25) is 5.95 Å². The van der Waals surface area contributed by atoms with E-state index in [1.165, 1.54) is 12.8 Å². The van der Waals surface area contributed by atoms with Gasteiger partial charge >= 0.3 is 0 Å². The first kappa shape index (κ1) is 24.6. The number of nitrogens with zero attached hydrogens (tertiary/aromatic N) is 7. The number of pyridine rings is 2. The molecule has 5 heterocycles. The Morgan fingerprint density at radius 2 is 2.03 bits per heavy atom. The van der Waals surface area contributed by atoms with Gasteiger partial charge in [-0.15, -0.1) is 0 Å². The van der Waals surface area contributed by atoms with Gasteiger partial charge in [-0.3, -0.25) is 19.7 Å². The molecule has 0 bridgehead atoms. The van der Waals surface area contributed by atoms with Crippen molar-refractivity contribution in [3.8, 4) is 0 Å². The summed E-state index contributed by atoms with van der Waals surface area (Å²) in [5.74, 6) is 0.890. The van der Waals surface area contributed by atoms with Crippen molar-refractivity contribution in [3.05, 3.63) is 54.2 Å². The lowest BCUT2D eigenvalue weighted by atomic mass is 10.0. The Morgan fingerprint density at radius 3 is 2.78 bits per heavy atom. The molecule has 11 nitrogen and oxygen atoms in total. The number of carbonyl (C=O) groups is 1. The van der Waals surface area contributed by atoms with E-state index >= 15 is 0 Å². The third-order valence-electron chi connectivity index (χ3n) is 6.84. The van der Waals surface area contributed by atoms with Crippen molar-refractivity contribution >= 4 is 40.1 Å². The Hall–Kier alpha value is -4.12. The van der Waals surface area contributed by atoms with Gasteiger partial charge in [0, 0.05) is 44.3 Å². The molecule has 1 aliphatic rings. The van der Waals surface area contributed by atoms with Crippen LogP contribution in [-0.2, 0) is 7.05 Å². The number of amides is 1. The molecule has 0 aliphatic carbocycles. The van der Waals surface area contributed by atoms with E-state index in [2.05, 4.69) is 59.7 Å². The minimum atomic E-state index is -0.145. The molecule has 1 fully saturated rings. The molecule has 0 saturated carbocycles. The van der Waals surface area contributed by atoms with E-state index in [9.17, 15) is 4.79 Å². The summed E-state index contributed by atoms with van der Waals surface area (Å²) in [5.41, 5.74) is 3.60. The van der Waals surface area contributed by atoms with Gasteiger partial charge in [-0.2, -0.15) is 10.1 Å². The zero-order valence-electron chi connectivity index (χ0n) is 21.6. The van der Waals surface area contributed by atoms with E-state index in [1.54, 1.807) is 35.5 Å². The maximum Gasteiger partial charge on any atom is 0.252 e. The number of hydrogen-bond donors (Lipinski definition) is 3. The molecule has 0 spiro atoms. The van der Waals surface area contributed by atoms with Crippen LogP contribution in [0.5, 0.6) is 0 Å². The Morgan fingerprint density at radius 1 is 1.16 bits per heavy atom. The second-order valence-corrected chi connectivity index (χ2v) is 9.91. The van der Waals surface area contributed by atoms with E-state index < -0.39 is 0 Å². The van der Waals surface area contributed by atoms with Crippen LogP contribution in [-0.4, -0.2) is 65.7 Å². The summed E-state index contributed by atoms with van der Waals surface area (Å²) in [4.78, 5) is 32.9. The van der Waals surface area contributed by atoms with Crippen LogP contribution in [0, 0.1) is 6.92 Å². The number of rotatable bonds is 8. The largest absolute Gasteiger partial charge is 0.351 e. The minimum Gasteiger partial charge on any atom is -0.351 e. The molecule has 4 aromatic rings. The maximum atomic E-state index is 12.9. The van der Waals surface area contributed by atoms with Gasteiger partial charge in [-0.1, -0.05) is 0 Å². The molecule has 3 N–H and O–H groups in total. The van der Waals surface area contributed by atoms with Gasteiger partial charge < -0.3 is 16.0 Å². The van der Waals surface area contributed by atoms with Crippen molar-refractivity contribution in [1.29, 1.82) is 0 Å². The van der Waals surface area contributed by atoms with E-state index in [1.807, 2.05) is 26.1 Å². The number of aromatic nitrogens is 6. The minimum absolute atomic E-state index is 0.145. The first-order valence-electron chi connectivity index (χ1n) is 12.4. The Labute approximate surface area is 215 Å². The van der Waals surface area contributed by atoms with E-state index in [0.29, 0.717) is 35.2 Å². The van der Waals surface area contributed by atoms with Crippen LogP contribution in [0.2, 0.25) is 0 Å². The van der Waals surface area contributed by atoms with Crippen molar-refractivity contribution in [1.82, 2.24) is 39.9 Å². The number of carbonyl (C=O) groups excluding carboxylic acids is 1. The molecule has 192 valence electrons. The van der Waals surface area contributed by atoms with E-state index in [-0.39, 0.29) is 11.4 Å². The molecule has 4 aromatic heterocycles. The zero-order valence-corrected chi connectivity index (χ0v) is 21.6. The molecule has 0 unspecified atom stereocenters. The summed E-state index contributed by atoms with van der Waals surface area (Å²) in [6, 6.07) is 5.53. The van der Waals surface area contributed by atoms with Crippen LogP contribution in [0.15, 0.2) is 43.0 Å². The molecule has 37 heavy (non-hydrogen) atoms. The monoisotopic (exact) mass is 500 g/mol. The molecule has 1 amide bonds. The molecule has 0 atom stereocenters. The van der Waals surface area contributed by atoms with Gasteiger partial charge in [0.25, 0.3) is 5.91 Å². The van der Waals surface area contributed by atoms with Gasteiger partial charge in [0.05, 0.1) is 34.2 Å². The average Bonchev–Trinajstić information content (AvgIpc) is 3.38.